The van der Waals surface area contributed by atoms with Crippen LogP contribution in [-0.4, -0.2) is 61.7 Å². The van der Waals surface area contributed by atoms with Crippen molar-refractivity contribution in [2.45, 2.75) is 68.5 Å². The van der Waals surface area contributed by atoms with E-state index in [1.165, 1.54) is 11.1 Å². The molecule has 4 aromatic rings. The average molecular weight is 738 g/mol. The SMILES string of the molecule is C[C@@]1(Cc2ccc(C#N)cc2)C(=O)N(c2cc(Cl)cc(Cl)c2)c2ncc(C(=O)NC3(C(=O)NC4(c5ccc(C(=O)N6CCCC6)cn5)CC4)CC3)n21. The summed E-state index contributed by atoms with van der Waals surface area (Å²) in [4.78, 5) is 67.6. The number of nitriles is 1. The second kappa shape index (κ2) is 12.5. The normalized spacial score (nSPS) is 20.6. The van der Waals surface area contributed by atoms with Crippen LogP contribution in [0.5, 0.6) is 0 Å². The molecular formula is C38H34Cl2N8O4. The van der Waals surface area contributed by atoms with Crippen LogP contribution in [0.4, 0.5) is 11.6 Å². The van der Waals surface area contributed by atoms with E-state index in [2.05, 4.69) is 26.7 Å². The molecule has 0 spiro atoms. The van der Waals surface area contributed by atoms with Crippen LogP contribution in [0.1, 0.15) is 83.1 Å². The molecular weight excluding hydrogens is 703 g/mol. The van der Waals surface area contributed by atoms with Crippen LogP contribution in [0.3, 0.4) is 0 Å². The number of carbonyl (C=O) groups is 4. The lowest BCUT2D eigenvalue weighted by Gasteiger charge is -2.27. The number of hydrogen-bond donors (Lipinski definition) is 2. The Hall–Kier alpha value is -5.25. The van der Waals surface area contributed by atoms with E-state index in [1.807, 2.05) is 4.90 Å². The molecule has 0 unspecified atom stereocenters. The smallest absolute Gasteiger partial charge is 0.270 e. The summed E-state index contributed by atoms with van der Waals surface area (Å²) < 4.78 is 1.60. The van der Waals surface area contributed by atoms with Gasteiger partial charge in [-0.15, -0.1) is 0 Å². The zero-order valence-corrected chi connectivity index (χ0v) is 29.8. The zero-order valence-electron chi connectivity index (χ0n) is 28.3. The second-order valence-corrected chi connectivity index (χ2v) is 15.2. The van der Waals surface area contributed by atoms with Crippen LogP contribution in [0.15, 0.2) is 67.0 Å². The monoisotopic (exact) mass is 736 g/mol. The topological polar surface area (TPSA) is 153 Å². The molecule has 4 aliphatic rings. The minimum atomic E-state index is -1.33. The van der Waals surface area contributed by atoms with Crippen LogP contribution in [0, 0.1) is 11.3 Å². The van der Waals surface area contributed by atoms with E-state index >= 15 is 0 Å². The minimum absolute atomic E-state index is 0.0365. The predicted octanol–water partition coefficient (Wildman–Crippen LogP) is 5.40. The van der Waals surface area contributed by atoms with Crippen LogP contribution >= 0.6 is 23.2 Å². The number of fused-ring (bicyclic) bond motifs is 1. The van der Waals surface area contributed by atoms with Gasteiger partial charge in [0.1, 0.15) is 16.8 Å². The van der Waals surface area contributed by atoms with Crippen LogP contribution < -0.4 is 15.5 Å². The van der Waals surface area contributed by atoms with Crippen molar-refractivity contribution in [2.24, 2.45) is 0 Å². The number of carbonyl (C=O) groups excluding carboxylic acids is 4. The number of imidazole rings is 1. The Kier molecular flexibility index (Phi) is 8.12. The third kappa shape index (κ3) is 5.78. The zero-order chi connectivity index (χ0) is 36.4. The molecule has 8 rings (SSSR count). The Balaban J connectivity index is 1.05. The summed E-state index contributed by atoms with van der Waals surface area (Å²) in [5.41, 5.74) is -0.207. The number of likely N-dealkylation sites (tertiary alicyclic amines) is 1. The van der Waals surface area contributed by atoms with Gasteiger partial charge in [0, 0.05) is 35.8 Å². The fourth-order valence-corrected chi connectivity index (χ4v) is 7.87. The van der Waals surface area contributed by atoms with Gasteiger partial charge in [0.05, 0.1) is 40.3 Å². The molecule has 3 fully saturated rings. The Morgan fingerprint density at radius 3 is 2.19 bits per heavy atom. The van der Waals surface area contributed by atoms with Crippen LogP contribution in [0.25, 0.3) is 0 Å². The van der Waals surface area contributed by atoms with Crippen molar-refractivity contribution in [3.63, 3.8) is 0 Å². The van der Waals surface area contributed by atoms with E-state index in [0.29, 0.717) is 58.2 Å². The van der Waals surface area contributed by atoms with Gasteiger partial charge in [-0.1, -0.05) is 35.3 Å². The molecule has 2 aromatic carbocycles. The summed E-state index contributed by atoms with van der Waals surface area (Å²) in [5, 5.41) is 16.1. The largest absolute Gasteiger partial charge is 0.343 e. The molecule has 2 aliphatic heterocycles. The van der Waals surface area contributed by atoms with Crippen molar-refractivity contribution in [3.8, 4) is 6.07 Å². The Morgan fingerprint density at radius 1 is 0.904 bits per heavy atom. The first-order valence-electron chi connectivity index (χ1n) is 17.2. The van der Waals surface area contributed by atoms with Crippen molar-refractivity contribution < 1.29 is 19.2 Å². The number of pyridine rings is 1. The lowest BCUT2D eigenvalue weighted by Crippen LogP contribution is -2.52. The standard InChI is InChI=1S/C38H34Cl2N8O4/c1-36(19-23-4-6-24(20-41)7-5-23)34(52)47(28-17-26(39)16-27(40)18-28)35-43-22-29(48(35)36)31(49)44-38(12-13-38)33(51)45-37(10-11-37)30-9-8-25(21-42-30)32(50)46-14-2-3-15-46/h4-9,16-18,21-22H,2-3,10-15,19H2,1H3,(H,44,49)(H,45,51)/t36-/m1/s1. The molecule has 264 valence electrons. The van der Waals surface area contributed by atoms with Crippen LogP contribution in [0.2, 0.25) is 10.0 Å². The highest BCUT2D eigenvalue weighted by Crippen LogP contribution is 2.47. The van der Waals surface area contributed by atoms with E-state index in [9.17, 15) is 24.4 Å². The number of halogens is 2. The first-order chi connectivity index (χ1) is 24.9. The highest BCUT2D eigenvalue weighted by molar-refractivity contribution is 6.35. The molecule has 2 aromatic heterocycles. The molecule has 2 N–H and O–H groups in total. The summed E-state index contributed by atoms with van der Waals surface area (Å²) in [6.45, 7) is 3.23. The maximum Gasteiger partial charge on any atom is 0.270 e. The van der Waals surface area contributed by atoms with Crippen molar-refractivity contribution in [1.29, 1.82) is 5.26 Å². The minimum Gasteiger partial charge on any atom is -0.343 e. The molecule has 2 saturated carbocycles. The van der Waals surface area contributed by atoms with Gasteiger partial charge in [0.2, 0.25) is 11.9 Å². The molecule has 4 heterocycles. The van der Waals surface area contributed by atoms with Crippen molar-refractivity contribution in [2.75, 3.05) is 18.0 Å². The molecule has 14 heteroatoms. The summed E-state index contributed by atoms with van der Waals surface area (Å²) in [7, 11) is 0. The van der Waals surface area contributed by atoms with Gasteiger partial charge < -0.3 is 15.5 Å². The number of nitrogens with zero attached hydrogens (tertiary/aromatic N) is 6. The van der Waals surface area contributed by atoms with Crippen molar-refractivity contribution >= 4 is 58.5 Å². The third-order valence-corrected chi connectivity index (χ3v) is 11.0. The highest BCUT2D eigenvalue weighted by Gasteiger charge is 2.57. The maximum absolute atomic E-state index is 14.4. The Morgan fingerprint density at radius 2 is 1.60 bits per heavy atom. The highest BCUT2D eigenvalue weighted by atomic mass is 35.5. The number of benzene rings is 2. The first-order valence-corrected chi connectivity index (χ1v) is 18.0. The van der Waals surface area contributed by atoms with Crippen LogP contribution in [-0.2, 0) is 27.1 Å². The summed E-state index contributed by atoms with van der Waals surface area (Å²) in [6, 6.07) is 17.3. The number of nitrogens with one attached hydrogen (secondary N) is 2. The number of hydrogen-bond acceptors (Lipinski definition) is 7. The number of amides is 4. The molecule has 0 radical (unpaired) electrons. The Bertz CT molecular complexity index is 2160. The molecule has 0 bridgehead atoms. The van der Waals surface area contributed by atoms with E-state index in [-0.39, 0.29) is 35.8 Å². The first kappa shape index (κ1) is 33.9. The molecule has 4 amide bonds. The average Bonchev–Trinajstić information content (AvgIpc) is 3.93. The fraction of sp³-hybridized carbons (Fsp3) is 0.342. The molecule has 1 atom stereocenters. The lowest BCUT2D eigenvalue weighted by molar-refractivity contribution is -0.125. The number of aromatic nitrogens is 3. The summed E-state index contributed by atoms with van der Waals surface area (Å²) in [6.07, 6.45) is 7.40. The van der Waals surface area contributed by atoms with Gasteiger partial charge in [-0.05, 0) is 93.5 Å². The summed E-state index contributed by atoms with van der Waals surface area (Å²) in [5.74, 6) is -1.06. The number of rotatable bonds is 9. The van der Waals surface area contributed by atoms with Gasteiger partial charge in [0.25, 0.3) is 17.7 Å². The summed E-state index contributed by atoms with van der Waals surface area (Å²) >= 11 is 12.7. The lowest BCUT2D eigenvalue weighted by atomic mass is 9.91. The van der Waals surface area contributed by atoms with E-state index in [4.69, 9.17) is 23.2 Å². The molecule has 52 heavy (non-hydrogen) atoms. The van der Waals surface area contributed by atoms with E-state index in [0.717, 1.165) is 31.5 Å². The fourth-order valence-electron chi connectivity index (χ4n) is 7.35. The van der Waals surface area contributed by atoms with E-state index in [1.54, 1.807) is 72.3 Å². The van der Waals surface area contributed by atoms with Gasteiger partial charge in [-0.25, -0.2) is 9.88 Å². The van der Waals surface area contributed by atoms with Gasteiger partial charge in [-0.2, -0.15) is 5.26 Å². The van der Waals surface area contributed by atoms with Crippen molar-refractivity contribution in [1.82, 2.24) is 30.1 Å². The predicted molar refractivity (Wildman–Crippen MR) is 192 cm³/mol. The van der Waals surface area contributed by atoms with Gasteiger partial charge in [-0.3, -0.25) is 28.7 Å². The molecule has 12 nitrogen and oxygen atoms in total. The number of anilines is 2. The Labute approximate surface area is 309 Å². The second-order valence-electron chi connectivity index (χ2n) is 14.3. The van der Waals surface area contributed by atoms with E-state index < -0.39 is 22.5 Å². The van der Waals surface area contributed by atoms with Gasteiger partial charge in [0.15, 0.2) is 0 Å². The quantitative estimate of drug-likeness (QED) is 0.234. The van der Waals surface area contributed by atoms with Gasteiger partial charge >= 0.3 is 0 Å². The van der Waals surface area contributed by atoms with Crippen molar-refractivity contribution in [3.05, 3.63) is 105 Å². The maximum atomic E-state index is 14.4. The third-order valence-electron chi connectivity index (χ3n) is 10.6. The molecule has 2 aliphatic carbocycles. The molecule has 1 saturated heterocycles.